The second-order valence-corrected chi connectivity index (χ2v) is 4.82. The third-order valence-corrected chi connectivity index (χ3v) is 3.76. The number of hydrogen-bond donors (Lipinski definition) is 0. The van der Waals surface area contributed by atoms with Crippen molar-refractivity contribution < 1.29 is 23.1 Å². The van der Waals surface area contributed by atoms with Crippen LogP contribution in [0.3, 0.4) is 0 Å². The number of ketones is 1. The lowest BCUT2D eigenvalue weighted by molar-refractivity contribution is -0.148. The van der Waals surface area contributed by atoms with Gasteiger partial charge in [0, 0.05) is 12.8 Å². The Morgan fingerprint density at radius 2 is 2.05 bits per heavy atom. The maximum atomic E-state index is 13.7. The van der Waals surface area contributed by atoms with Crippen LogP contribution in [-0.4, -0.2) is 18.9 Å². The van der Waals surface area contributed by atoms with Gasteiger partial charge in [-0.1, -0.05) is 6.07 Å². The minimum Gasteiger partial charge on any atom is -0.468 e. The fraction of sp³-hybridized carbons (Fsp3) is 0.429. The first-order chi connectivity index (χ1) is 8.92. The van der Waals surface area contributed by atoms with E-state index in [-0.39, 0.29) is 30.6 Å². The van der Waals surface area contributed by atoms with Gasteiger partial charge in [-0.15, -0.1) is 0 Å². The van der Waals surface area contributed by atoms with Gasteiger partial charge in [-0.25, -0.2) is 8.78 Å². The van der Waals surface area contributed by atoms with Crippen molar-refractivity contribution in [2.45, 2.75) is 31.6 Å². The van der Waals surface area contributed by atoms with Crippen LogP contribution >= 0.6 is 0 Å². The summed E-state index contributed by atoms with van der Waals surface area (Å²) < 4.78 is 31.6. The topological polar surface area (TPSA) is 43.4 Å². The number of carbonyl (C=O) groups is 2. The molecule has 1 saturated carbocycles. The summed E-state index contributed by atoms with van der Waals surface area (Å²) in [7, 11) is 1.22. The highest BCUT2D eigenvalue weighted by Gasteiger charge is 2.48. The first kappa shape index (κ1) is 13.6. The third-order valence-electron chi connectivity index (χ3n) is 3.76. The Morgan fingerprint density at radius 1 is 1.37 bits per heavy atom. The summed E-state index contributed by atoms with van der Waals surface area (Å²) in [6.07, 6.45) is 0.490. The molecule has 0 spiro atoms. The summed E-state index contributed by atoms with van der Waals surface area (Å²) in [6, 6.07) is 2.34. The van der Waals surface area contributed by atoms with Crippen LogP contribution in [0.4, 0.5) is 8.78 Å². The van der Waals surface area contributed by atoms with E-state index in [0.717, 1.165) is 6.07 Å². The van der Waals surface area contributed by atoms with E-state index in [2.05, 4.69) is 0 Å². The lowest BCUT2D eigenvalue weighted by atomic mass is 9.76. The number of esters is 1. The Labute approximate surface area is 109 Å². The van der Waals surface area contributed by atoms with E-state index in [1.807, 2.05) is 0 Å². The standard InChI is InChI=1S/C14H14F2O3/c1-8-10(3-4-11(15)12(8)16)14(13(18)19-2)6-5-9(17)7-14/h3-4H,5-7H2,1-2H3. The van der Waals surface area contributed by atoms with Gasteiger partial charge in [0.25, 0.3) is 0 Å². The first-order valence-corrected chi connectivity index (χ1v) is 5.97. The number of hydrogen-bond acceptors (Lipinski definition) is 3. The molecule has 1 aliphatic carbocycles. The molecule has 0 aromatic heterocycles. The minimum absolute atomic E-state index is 0.0222. The minimum atomic E-state index is -1.18. The predicted molar refractivity (Wildman–Crippen MR) is 63.6 cm³/mol. The van der Waals surface area contributed by atoms with Crippen LogP contribution in [0.1, 0.15) is 30.4 Å². The third kappa shape index (κ3) is 2.03. The monoisotopic (exact) mass is 268 g/mol. The zero-order chi connectivity index (χ0) is 14.2. The van der Waals surface area contributed by atoms with E-state index in [9.17, 15) is 18.4 Å². The molecule has 1 atom stereocenters. The van der Waals surface area contributed by atoms with Gasteiger partial charge in [0.15, 0.2) is 11.6 Å². The fourth-order valence-electron chi connectivity index (χ4n) is 2.75. The SMILES string of the molecule is COC(=O)C1(c2ccc(F)c(F)c2C)CCC(=O)C1. The molecule has 2 rings (SSSR count). The highest BCUT2D eigenvalue weighted by Crippen LogP contribution is 2.42. The second kappa shape index (κ2) is 4.72. The molecule has 5 heteroatoms. The van der Waals surface area contributed by atoms with Crippen molar-refractivity contribution in [1.82, 2.24) is 0 Å². The molecule has 19 heavy (non-hydrogen) atoms. The summed E-state index contributed by atoms with van der Waals surface area (Å²) in [6.45, 7) is 1.40. The molecule has 0 bridgehead atoms. The van der Waals surface area contributed by atoms with Crippen LogP contribution in [0, 0.1) is 18.6 Å². The van der Waals surface area contributed by atoms with E-state index in [1.54, 1.807) is 0 Å². The molecule has 3 nitrogen and oxygen atoms in total. The first-order valence-electron chi connectivity index (χ1n) is 5.97. The zero-order valence-electron chi connectivity index (χ0n) is 10.8. The van der Waals surface area contributed by atoms with Gasteiger partial charge in [0.1, 0.15) is 11.2 Å². The molecule has 1 unspecified atom stereocenters. The molecule has 0 N–H and O–H groups in total. The van der Waals surface area contributed by atoms with Crippen molar-refractivity contribution in [2.75, 3.05) is 7.11 Å². The number of halogens is 2. The molecule has 0 aliphatic heterocycles. The maximum Gasteiger partial charge on any atom is 0.316 e. The van der Waals surface area contributed by atoms with Gasteiger partial charge in [-0.05, 0) is 30.5 Å². The van der Waals surface area contributed by atoms with Crippen molar-refractivity contribution in [1.29, 1.82) is 0 Å². The Kier molecular flexibility index (Phi) is 3.39. The molecular formula is C14H14F2O3. The van der Waals surface area contributed by atoms with Crippen molar-refractivity contribution in [3.05, 3.63) is 34.9 Å². The molecular weight excluding hydrogens is 254 g/mol. The van der Waals surface area contributed by atoms with Crippen molar-refractivity contribution in [3.8, 4) is 0 Å². The highest BCUT2D eigenvalue weighted by molar-refractivity contribution is 5.95. The molecule has 0 heterocycles. The fourth-order valence-corrected chi connectivity index (χ4v) is 2.75. The van der Waals surface area contributed by atoms with Crippen LogP contribution in [-0.2, 0) is 19.7 Å². The van der Waals surface area contributed by atoms with Crippen LogP contribution < -0.4 is 0 Å². The lowest BCUT2D eigenvalue weighted by Crippen LogP contribution is -2.35. The largest absolute Gasteiger partial charge is 0.468 e. The Balaban J connectivity index is 2.61. The van der Waals surface area contributed by atoms with Gasteiger partial charge in [0.05, 0.1) is 7.11 Å². The van der Waals surface area contributed by atoms with E-state index in [4.69, 9.17) is 4.74 Å². The van der Waals surface area contributed by atoms with E-state index < -0.39 is 23.0 Å². The number of carbonyl (C=O) groups excluding carboxylic acids is 2. The Bertz CT molecular complexity index is 554. The van der Waals surface area contributed by atoms with Crippen LogP contribution in [0.2, 0.25) is 0 Å². The number of benzene rings is 1. The van der Waals surface area contributed by atoms with Crippen molar-refractivity contribution >= 4 is 11.8 Å². The maximum absolute atomic E-state index is 13.7. The van der Waals surface area contributed by atoms with Gasteiger partial charge in [0.2, 0.25) is 0 Å². The normalized spacial score (nSPS) is 22.6. The van der Waals surface area contributed by atoms with Gasteiger partial charge in [-0.3, -0.25) is 9.59 Å². The summed E-state index contributed by atoms with van der Waals surface area (Å²) in [5.74, 6) is -2.60. The van der Waals surface area contributed by atoms with E-state index in [1.165, 1.54) is 20.1 Å². The van der Waals surface area contributed by atoms with Crippen LogP contribution in [0.15, 0.2) is 12.1 Å². The number of rotatable bonds is 2. The summed E-state index contributed by atoms with van der Waals surface area (Å²) in [5.41, 5.74) is -0.783. The molecule has 0 radical (unpaired) electrons. The number of Topliss-reactive ketones (excluding diaryl/α,β-unsaturated/α-hetero) is 1. The smallest absolute Gasteiger partial charge is 0.316 e. The number of ether oxygens (including phenoxy) is 1. The van der Waals surface area contributed by atoms with E-state index >= 15 is 0 Å². The summed E-state index contributed by atoms with van der Waals surface area (Å²) in [4.78, 5) is 23.6. The molecule has 1 aliphatic rings. The quantitative estimate of drug-likeness (QED) is 0.774. The summed E-state index contributed by atoms with van der Waals surface area (Å²) >= 11 is 0. The van der Waals surface area contributed by atoms with Gasteiger partial charge < -0.3 is 4.74 Å². The van der Waals surface area contributed by atoms with Crippen molar-refractivity contribution in [3.63, 3.8) is 0 Å². The Morgan fingerprint density at radius 3 is 2.58 bits per heavy atom. The molecule has 1 fully saturated rings. The number of methoxy groups -OCH3 is 1. The Hall–Kier alpha value is -1.78. The lowest BCUT2D eigenvalue weighted by Gasteiger charge is -2.27. The van der Waals surface area contributed by atoms with Crippen LogP contribution in [0.25, 0.3) is 0 Å². The summed E-state index contributed by atoms with van der Waals surface area (Å²) in [5, 5.41) is 0. The molecule has 102 valence electrons. The molecule has 0 saturated heterocycles. The highest BCUT2D eigenvalue weighted by atomic mass is 19.2. The molecule has 0 amide bonds. The molecule has 1 aromatic rings. The zero-order valence-corrected chi connectivity index (χ0v) is 10.8. The van der Waals surface area contributed by atoms with Crippen LogP contribution in [0.5, 0.6) is 0 Å². The average Bonchev–Trinajstić information content (AvgIpc) is 2.78. The average molecular weight is 268 g/mol. The van der Waals surface area contributed by atoms with Gasteiger partial charge in [-0.2, -0.15) is 0 Å². The van der Waals surface area contributed by atoms with E-state index in [0.29, 0.717) is 5.56 Å². The second-order valence-electron chi connectivity index (χ2n) is 4.82. The predicted octanol–water partition coefficient (Wildman–Crippen LogP) is 2.44. The molecule has 1 aromatic carbocycles. The van der Waals surface area contributed by atoms with Gasteiger partial charge >= 0.3 is 5.97 Å². The van der Waals surface area contributed by atoms with Crippen molar-refractivity contribution in [2.24, 2.45) is 0 Å².